The molecular weight excluding hydrogens is 390 g/mol. The van der Waals surface area contributed by atoms with Crippen LogP contribution in [0.3, 0.4) is 0 Å². The first-order valence-electron chi connectivity index (χ1n) is 9.09. The van der Waals surface area contributed by atoms with Crippen molar-refractivity contribution in [3.8, 4) is 0 Å². The average Bonchev–Trinajstić information content (AvgIpc) is 2.73. The van der Waals surface area contributed by atoms with Crippen molar-refractivity contribution in [3.63, 3.8) is 0 Å². The number of hydrogen-bond acceptors (Lipinski definition) is 5. The van der Waals surface area contributed by atoms with E-state index in [9.17, 15) is 18.0 Å². The van der Waals surface area contributed by atoms with Crippen LogP contribution in [0, 0.1) is 0 Å². The van der Waals surface area contributed by atoms with E-state index in [-0.39, 0.29) is 22.6 Å². The van der Waals surface area contributed by atoms with E-state index in [0.29, 0.717) is 0 Å². The van der Waals surface area contributed by atoms with Gasteiger partial charge in [-0.1, -0.05) is 67.2 Å². The van der Waals surface area contributed by atoms with Gasteiger partial charge in [0.1, 0.15) is 5.70 Å². The number of esters is 1. The summed E-state index contributed by atoms with van der Waals surface area (Å²) in [6.45, 7) is 5.10. The average molecular weight is 409 g/mol. The molecule has 2 heterocycles. The number of β-lactam (4-membered cyclic amide) rings is 1. The lowest BCUT2D eigenvalue weighted by molar-refractivity contribution is -0.152. The molecule has 0 spiro atoms. The molecule has 0 saturated carbocycles. The molecule has 4 rings (SSSR count). The van der Waals surface area contributed by atoms with Crippen molar-refractivity contribution in [3.05, 3.63) is 94.5 Å². The van der Waals surface area contributed by atoms with Crippen molar-refractivity contribution in [2.24, 2.45) is 0 Å². The highest BCUT2D eigenvalue weighted by Gasteiger charge is 2.54. The number of rotatable bonds is 4. The summed E-state index contributed by atoms with van der Waals surface area (Å²) in [6, 6.07) is 18.4. The van der Waals surface area contributed by atoms with Crippen molar-refractivity contribution in [2.75, 3.05) is 0 Å². The van der Waals surface area contributed by atoms with Crippen molar-refractivity contribution < 1.29 is 22.7 Å². The normalized spacial score (nSPS) is 20.3. The lowest BCUT2D eigenvalue weighted by atomic mass is 10.0. The molecule has 148 valence electrons. The molecule has 6 nitrogen and oxygen atoms in total. The van der Waals surface area contributed by atoms with E-state index in [1.54, 1.807) is 0 Å². The second-order valence-corrected chi connectivity index (χ2v) is 9.10. The number of hydrogen-bond donors (Lipinski definition) is 0. The van der Waals surface area contributed by atoms with Crippen molar-refractivity contribution in [2.45, 2.75) is 24.8 Å². The molecule has 2 aliphatic heterocycles. The highest BCUT2D eigenvalue weighted by Crippen LogP contribution is 2.42. The van der Waals surface area contributed by atoms with Gasteiger partial charge in [0.05, 0.1) is 11.3 Å². The molecule has 2 aromatic rings. The van der Waals surface area contributed by atoms with Gasteiger partial charge < -0.3 is 4.74 Å². The van der Waals surface area contributed by atoms with Gasteiger partial charge >= 0.3 is 5.97 Å². The summed E-state index contributed by atoms with van der Waals surface area (Å²) < 4.78 is 30.8. The first-order valence-corrected chi connectivity index (χ1v) is 10.6. The minimum atomic E-state index is -3.74. The molecule has 1 amide bonds. The lowest BCUT2D eigenvalue weighted by Crippen LogP contribution is -2.59. The molecule has 0 bridgehead atoms. The largest absolute Gasteiger partial charge is 0.448 e. The van der Waals surface area contributed by atoms with Crippen LogP contribution in [0.5, 0.6) is 0 Å². The van der Waals surface area contributed by atoms with E-state index >= 15 is 0 Å². The molecule has 7 heteroatoms. The fraction of sp³-hybridized carbons (Fsp3) is 0.182. The van der Waals surface area contributed by atoms with Crippen LogP contribution in [0.4, 0.5) is 0 Å². The standard InChI is InChI=1S/C22H19NO5S/c1-14-15(2)29(26,27)19-13-18(24)23(19)20(14)22(25)28-21(16-9-5-3-6-10-16)17-11-7-4-8-12-17/h3-12,19,21H,2,13H2,1H3/t19-/m1/s1. The summed E-state index contributed by atoms with van der Waals surface area (Å²) in [6.07, 6.45) is -0.863. The van der Waals surface area contributed by atoms with Crippen LogP contribution in [0.15, 0.2) is 83.4 Å². The minimum absolute atomic E-state index is 0.0528. The Kier molecular flexibility index (Phi) is 4.62. The molecule has 2 aliphatic rings. The number of allylic oxidation sites excluding steroid dienone is 1. The van der Waals surface area contributed by atoms with Crippen LogP contribution in [0.25, 0.3) is 0 Å². The SMILES string of the molecule is C=C1C(C)=C(C(=O)OC(c2ccccc2)c2ccccc2)N2C(=O)C[C@H]2S1(=O)=O. The predicted octanol–water partition coefficient (Wildman–Crippen LogP) is 3.09. The zero-order chi connectivity index (χ0) is 20.8. The van der Waals surface area contributed by atoms with Gasteiger partial charge in [0.15, 0.2) is 21.3 Å². The fourth-order valence-corrected chi connectivity index (χ4v) is 5.31. The third-order valence-corrected chi connectivity index (χ3v) is 7.33. The van der Waals surface area contributed by atoms with Gasteiger partial charge in [-0.15, -0.1) is 0 Å². The Bertz CT molecular complexity index is 1100. The topological polar surface area (TPSA) is 80.8 Å². The molecule has 0 aliphatic carbocycles. The van der Waals surface area contributed by atoms with E-state index in [1.807, 2.05) is 60.7 Å². The molecule has 1 atom stereocenters. The summed E-state index contributed by atoms with van der Waals surface area (Å²) in [5.74, 6) is -1.18. The van der Waals surface area contributed by atoms with E-state index in [4.69, 9.17) is 4.74 Å². The van der Waals surface area contributed by atoms with Crippen molar-refractivity contribution in [1.29, 1.82) is 0 Å². The van der Waals surface area contributed by atoms with Crippen molar-refractivity contribution in [1.82, 2.24) is 4.90 Å². The summed E-state index contributed by atoms with van der Waals surface area (Å²) in [7, 11) is -3.74. The Balaban J connectivity index is 1.74. The number of nitrogens with zero attached hydrogens (tertiary/aromatic N) is 1. The Morgan fingerprint density at radius 1 is 1.07 bits per heavy atom. The van der Waals surface area contributed by atoms with Gasteiger partial charge in [-0.25, -0.2) is 13.2 Å². The zero-order valence-electron chi connectivity index (χ0n) is 15.7. The second-order valence-electron chi connectivity index (χ2n) is 6.97. The van der Waals surface area contributed by atoms with Gasteiger partial charge in [0.25, 0.3) is 0 Å². The lowest BCUT2D eigenvalue weighted by Gasteiger charge is -2.44. The molecule has 0 aromatic heterocycles. The van der Waals surface area contributed by atoms with Crippen LogP contribution >= 0.6 is 0 Å². The monoisotopic (exact) mass is 409 g/mol. The number of carbonyl (C=O) groups is 2. The first-order chi connectivity index (χ1) is 13.8. The summed E-state index contributed by atoms with van der Waals surface area (Å²) in [4.78, 5) is 26.2. The maximum absolute atomic E-state index is 13.1. The van der Waals surface area contributed by atoms with E-state index in [2.05, 4.69) is 6.58 Å². The Hall–Kier alpha value is -3.19. The summed E-state index contributed by atoms with van der Waals surface area (Å²) in [5, 5.41) is -1.08. The number of carbonyl (C=O) groups excluding carboxylic acids is 2. The molecule has 2 aromatic carbocycles. The van der Waals surface area contributed by atoms with Gasteiger partial charge in [0, 0.05) is 0 Å². The fourth-order valence-electron chi connectivity index (χ4n) is 3.59. The molecule has 1 fully saturated rings. The van der Waals surface area contributed by atoms with E-state index in [0.717, 1.165) is 16.0 Å². The number of amides is 1. The molecule has 29 heavy (non-hydrogen) atoms. The van der Waals surface area contributed by atoms with E-state index in [1.165, 1.54) is 6.92 Å². The number of ether oxygens (including phenoxy) is 1. The third-order valence-electron chi connectivity index (χ3n) is 5.24. The van der Waals surface area contributed by atoms with Gasteiger partial charge in [0.2, 0.25) is 5.91 Å². The van der Waals surface area contributed by atoms with E-state index < -0.39 is 33.2 Å². The number of benzene rings is 2. The number of sulfone groups is 1. The highest BCUT2D eigenvalue weighted by molar-refractivity contribution is 7.96. The van der Waals surface area contributed by atoms with Crippen LogP contribution in [-0.2, 0) is 24.2 Å². The maximum Gasteiger partial charge on any atom is 0.356 e. The molecule has 1 saturated heterocycles. The predicted molar refractivity (Wildman–Crippen MR) is 107 cm³/mol. The molecule has 0 unspecified atom stereocenters. The van der Waals surface area contributed by atoms with Gasteiger partial charge in [-0.2, -0.15) is 0 Å². The van der Waals surface area contributed by atoms with Gasteiger partial charge in [-0.05, 0) is 23.6 Å². The smallest absolute Gasteiger partial charge is 0.356 e. The second kappa shape index (κ2) is 7.00. The van der Waals surface area contributed by atoms with Crippen LogP contribution in [-0.4, -0.2) is 30.6 Å². The quantitative estimate of drug-likeness (QED) is 0.573. The highest BCUT2D eigenvalue weighted by atomic mass is 32.2. The van der Waals surface area contributed by atoms with Gasteiger partial charge in [-0.3, -0.25) is 9.69 Å². The molecule has 0 radical (unpaired) electrons. The maximum atomic E-state index is 13.1. The number of fused-ring (bicyclic) bond motifs is 1. The minimum Gasteiger partial charge on any atom is -0.448 e. The first kappa shape index (κ1) is 19.1. The van der Waals surface area contributed by atoms with Crippen LogP contribution in [0.2, 0.25) is 0 Å². The Morgan fingerprint density at radius 3 is 2.07 bits per heavy atom. The summed E-state index contributed by atoms with van der Waals surface area (Å²) in [5.41, 5.74) is 1.61. The third kappa shape index (κ3) is 3.07. The molecular formula is C22H19NO5S. The summed E-state index contributed by atoms with van der Waals surface area (Å²) >= 11 is 0. The Labute approximate surface area is 169 Å². The zero-order valence-corrected chi connectivity index (χ0v) is 16.6. The van der Waals surface area contributed by atoms with Crippen LogP contribution in [0.1, 0.15) is 30.6 Å². The van der Waals surface area contributed by atoms with Crippen molar-refractivity contribution >= 4 is 21.7 Å². The van der Waals surface area contributed by atoms with Crippen LogP contribution < -0.4 is 0 Å². The molecule has 0 N–H and O–H groups in total. The Morgan fingerprint density at radius 2 is 1.59 bits per heavy atom.